The largest absolute Gasteiger partial charge is 0.374 e. The average molecular weight is 474 g/mol. The van der Waals surface area contributed by atoms with Crippen molar-refractivity contribution in [2.45, 2.75) is 19.1 Å². The number of aliphatic hydroxyl groups is 1. The number of H-pyrrole nitrogens is 2. The number of nitrogens with zero attached hydrogens (tertiary/aromatic N) is 4. The van der Waals surface area contributed by atoms with E-state index in [-0.39, 0.29) is 0 Å². The Morgan fingerprint density at radius 3 is 2.64 bits per heavy atom. The first-order valence-electron chi connectivity index (χ1n) is 12.0. The topological polar surface area (TPSA) is 115 Å². The van der Waals surface area contributed by atoms with Gasteiger partial charge in [0.25, 0.3) is 0 Å². The van der Waals surface area contributed by atoms with Crippen LogP contribution < -0.4 is 5.32 Å². The third-order valence-electron chi connectivity index (χ3n) is 6.75. The second kappa shape index (κ2) is 8.28. The first-order chi connectivity index (χ1) is 17.7. The van der Waals surface area contributed by atoms with Gasteiger partial charge in [-0.15, -0.1) is 0 Å². The Labute approximate surface area is 206 Å². The minimum atomic E-state index is -0.532. The molecule has 176 valence electrons. The van der Waals surface area contributed by atoms with Gasteiger partial charge in [0.05, 0.1) is 28.4 Å². The van der Waals surface area contributed by atoms with Gasteiger partial charge in [-0.2, -0.15) is 5.10 Å². The number of para-hydroxylation sites is 1. The van der Waals surface area contributed by atoms with Crippen LogP contribution in [0.2, 0.25) is 0 Å². The second-order valence-electron chi connectivity index (χ2n) is 9.24. The van der Waals surface area contributed by atoms with E-state index in [1.807, 2.05) is 48.7 Å². The third-order valence-corrected chi connectivity index (χ3v) is 6.75. The Morgan fingerprint density at radius 2 is 1.78 bits per heavy atom. The van der Waals surface area contributed by atoms with Crippen molar-refractivity contribution in [3.63, 3.8) is 0 Å². The molecule has 2 aromatic carbocycles. The van der Waals surface area contributed by atoms with Crippen molar-refractivity contribution < 1.29 is 5.11 Å². The van der Waals surface area contributed by atoms with Gasteiger partial charge in [-0.25, -0.2) is 4.98 Å². The van der Waals surface area contributed by atoms with Gasteiger partial charge in [-0.1, -0.05) is 18.2 Å². The third kappa shape index (κ3) is 3.68. The summed E-state index contributed by atoms with van der Waals surface area (Å²) in [6.45, 7) is 0. The van der Waals surface area contributed by atoms with E-state index in [0.717, 1.165) is 68.4 Å². The predicted molar refractivity (Wildman–Crippen MR) is 140 cm³/mol. The van der Waals surface area contributed by atoms with Crippen LogP contribution in [-0.4, -0.2) is 41.5 Å². The highest BCUT2D eigenvalue weighted by molar-refractivity contribution is 5.98. The first-order valence-corrected chi connectivity index (χ1v) is 12.0. The van der Waals surface area contributed by atoms with Gasteiger partial charge >= 0.3 is 0 Å². The van der Waals surface area contributed by atoms with Crippen molar-refractivity contribution in [3.8, 4) is 33.8 Å². The Morgan fingerprint density at radius 1 is 0.889 bits per heavy atom. The molecule has 1 aliphatic carbocycles. The van der Waals surface area contributed by atoms with Gasteiger partial charge in [-0.05, 0) is 60.4 Å². The monoisotopic (exact) mass is 473 g/mol. The number of rotatable bonds is 6. The van der Waals surface area contributed by atoms with Crippen LogP contribution in [-0.2, 0) is 0 Å². The predicted octanol–water partition coefficient (Wildman–Crippen LogP) is 5.37. The molecule has 1 fully saturated rings. The molecule has 1 atom stereocenters. The molecule has 7 rings (SSSR count). The molecular formula is C28H23N7O. The summed E-state index contributed by atoms with van der Waals surface area (Å²) in [6.07, 6.45) is 8.74. The standard InChI is InChI=1S/C28H23N7O/c36-28(17-4-5-17)31-20-12-19(14-30-15-20)18-6-7-23-22(13-18)26(35-34-23)27-32-24-3-1-2-21(25(24)33-27)16-8-10-29-11-9-16/h1-3,6-15,17,28,31,36H,4-5H2,(H,32,33)(H,34,35). The van der Waals surface area contributed by atoms with Crippen LogP contribution in [0, 0.1) is 5.92 Å². The van der Waals surface area contributed by atoms with Crippen molar-refractivity contribution in [1.82, 2.24) is 30.1 Å². The zero-order chi connectivity index (χ0) is 24.1. The molecule has 36 heavy (non-hydrogen) atoms. The van der Waals surface area contributed by atoms with Crippen LogP contribution in [0.5, 0.6) is 0 Å². The zero-order valence-corrected chi connectivity index (χ0v) is 19.3. The quantitative estimate of drug-likeness (QED) is 0.242. The highest BCUT2D eigenvalue weighted by Gasteiger charge is 2.29. The minimum absolute atomic E-state index is 0.335. The zero-order valence-electron chi connectivity index (χ0n) is 19.3. The summed E-state index contributed by atoms with van der Waals surface area (Å²) in [4.78, 5) is 16.9. The second-order valence-corrected chi connectivity index (χ2v) is 9.24. The number of fused-ring (bicyclic) bond motifs is 2. The van der Waals surface area contributed by atoms with Gasteiger partial charge in [0.1, 0.15) is 11.9 Å². The van der Waals surface area contributed by atoms with Crippen molar-refractivity contribution >= 4 is 27.6 Å². The van der Waals surface area contributed by atoms with E-state index in [1.165, 1.54) is 0 Å². The molecule has 1 unspecified atom stereocenters. The normalized spacial score (nSPS) is 14.4. The van der Waals surface area contributed by atoms with E-state index in [9.17, 15) is 5.11 Å². The van der Waals surface area contributed by atoms with Crippen LogP contribution in [0.4, 0.5) is 5.69 Å². The molecule has 1 aliphatic rings. The number of aliphatic hydroxyl groups excluding tert-OH is 1. The SMILES string of the molecule is OC(Nc1cncc(-c2ccc3[nH]nc(-c4nc5c(-c6ccncc6)cccc5[nH]4)c3c2)c1)C1CC1. The number of hydrogen-bond acceptors (Lipinski definition) is 6. The Kier molecular flexibility index (Phi) is 4.78. The Hall–Kier alpha value is -4.56. The summed E-state index contributed by atoms with van der Waals surface area (Å²) in [5.74, 6) is 1.04. The molecule has 0 radical (unpaired) electrons. The van der Waals surface area contributed by atoms with Crippen LogP contribution in [0.3, 0.4) is 0 Å². The number of hydrogen-bond donors (Lipinski definition) is 4. The molecule has 8 nitrogen and oxygen atoms in total. The van der Waals surface area contributed by atoms with E-state index in [4.69, 9.17) is 4.98 Å². The van der Waals surface area contributed by atoms with Crippen molar-refractivity contribution in [2.24, 2.45) is 5.92 Å². The highest BCUT2D eigenvalue weighted by Crippen LogP contribution is 2.35. The minimum Gasteiger partial charge on any atom is -0.374 e. The molecule has 1 saturated carbocycles. The maximum atomic E-state index is 10.3. The van der Waals surface area contributed by atoms with E-state index in [0.29, 0.717) is 11.7 Å². The molecule has 0 amide bonds. The molecule has 4 aromatic heterocycles. The fourth-order valence-corrected chi connectivity index (χ4v) is 4.66. The molecule has 4 heterocycles. The molecular weight excluding hydrogens is 450 g/mol. The van der Waals surface area contributed by atoms with Gasteiger partial charge in [0.15, 0.2) is 5.82 Å². The summed E-state index contributed by atoms with van der Waals surface area (Å²) < 4.78 is 0. The number of nitrogens with one attached hydrogen (secondary N) is 3. The maximum absolute atomic E-state index is 10.3. The van der Waals surface area contributed by atoms with Gasteiger partial charge in [0.2, 0.25) is 0 Å². The number of aromatic amines is 2. The van der Waals surface area contributed by atoms with E-state index in [1.54, 1.807) is 18.6 Å². The molecule has 0 spiro atoms. The lowest BCUT2D eigenvalue weighted by atomic mass is 10.0. The van der Waals surface area contributed by atoms with Crippen LogP contribution in [0.1, 0.15) is 12.8 Å². The number of imidazole rings is 1. The number of benzene rings is 2. The number of aromatic nitrogens is 6. The molecule has 6 aromatic rings. The van der Waals surface area contributed by atoms with Crippen molar-refractivity contribution in [1.29, 1.82) is 0 Å². The summed E-state index contributed by atoms with van der Waals surface area (Å²) in [5.41, 5.74) is 8.41. The smallest absolute Gasteiger partial charge is 0.159 e. The van der Waals surface area contributed by atoms with E-state index < -0.39 is 6.23 Å². The number of anilines is 1. The van der Waals surface area contributed by atoms with Crippen molar-refractivity contribution in [2.75, 3.05) is 5.32 Å². The fraction of sp³-hybridized carbons (Fsp3) is 0.143. The maximum Gasteiger partial charge on any atom is 0.159 e. The lowest BCUT2D eigenvalue weighted by Crippen LogP contribution is -2.20. The van der Waals surface area contributed by atoms with E-state index in [2.05, 4.69) is 42.6 Å². The summed E-state index contributed by atoms with van der Waals surface area (Å²) in [6, 6.07) is 18.3. The molecule has 0 bridgehead atoms. The summed E-state index contributed by atoms with van der Waals surface area (Å²) in [5, 5.41) is 22.1. The van der Waals surface area contributed by atoms with Gasteiger partial charge in [-0.3, -0.25) is 15.1 Å². The van der Waals surface area contributed by atoms with Crippen LogP contribution in [0.25, 0.3) is 55.7 Å². The highest BCUT2D eigenvalue weighted by atomic mass is 16.3. The molecule has 0 aliphatic heterocycles. The fourth-order valence-electron chi connectivity index (χ4n) is 4.66. The molecule has 0 saturated heterocycles. The van der Waals surface area contributed by atoms with Crippen LogP contribution in [0.15, 0.2) is 79.4 Å². The van der Waals surface area contributed by atoms with Gasteiger partial charge < -0.3 is 15.4 Å². The average Bonchev–Trinajstić information content (AvgIpc) is 3.55. The van der Waals surface area contributed by atoms with Gasteiger partial charge in [0, 0.05) is 41.0 Å². The van der Waals surface area contributed by atoms with E-state index >= 15 is 0 Å². The lowest BCUT2D eigenvalue weighted by molar-refractivity contribution is 0.180. The first kappa shape index (κ1) is 20.8. The Balaban J connectivity index is 1.28. The summed E-state index contributed by atoms with van der Waals surface area (Å²) in [7, 11) is 0. The van der Waals surface area contributed by atoms with Crippen LogP contribution >= 0.6 is 0 Å². The molecule has 8 heteroatoms. The lowest BCUT2D eigenvalue weighted by Gasteiger charge is -2.13. The Bertz CT molecular complexity index is 1700. The molecule has 4 N–H and O–H groups in total. The van der Waals surface area contributed by atoms with Crippen molar-refractivity contribution in [3.05, 3.63) is 79.4 Å². The number of pyridine rings is 2. The summed E-state index contributed by atoms with van der Waals surface area (Å²) >= 11 is 0.